The number of ether oxygens (including phenoxy) is 2. The van der Waals surface area contributed by atoms with E-state index in [0.717, 1.165) is 11.1 Å². The number of anilines is 1. The van der Waals surface area contributed by atoms with E-state index < -0.39 is 17.7 Å². The van der Waals surface area contributed by atoms with Gasteiger partial charge in [0, 0.05) is 6.07 Å². The molecule has 0 unspecified atom stereocenters. The van der Waals surface area contributed by atoms with Crippen LogP contribution in [0.15, 0.2) is 72.8 Å². The van der Waals surface area contributed by atoms with Crippen LogP contribution >= 0.6 is 0 Å². The van der Waals surface area contributed by atoms with Gasteiger partial charge < -0.3 is 9.47 Å². The summed E-state index contributed by atoms with van der Waals surface area (Å²) >= 11 is 0. The van der Waals surface area contributed by atoms with Crippen molar-refractivity contribution >= 4 is 17.4 Å². The molecule has 0 spiro atoms. The number of rotatable bonds is 3. The van der Waals surface area contributed by atoms with Gasteiger partial charge in [0.1, 0.15) is 13.2 Å². The van der Waals surface area contributed by atoms with Crippen LogP contribution in [0.5, 0.6) is 11.5 Å². The number of amides is 1. The largest absolute Gasteiger partial charge is 0.486 e. The van der Waals surface area contributed by atoms with Gasteiger partial charge in [-0.05, 0) is 17.2 Å². The molecule has 0 fully saturated rings. The number of ketones is 1. The second-order valence-electron chi connectivity index (χ2n) is 6.74. The van der Waals surface area contributed by atoms with Crippen molar-refractivity contribution in [2.24, 2.45) is 0 Å². The quantitative estimate of drug-likeness (QED) is 0.658. The van der Waals surface area contributed by atoms with E-state index in [9.17, 15) is 9.59 Å². The number of Topliss-reactive ketones (excluding diaryl/α,β-unsaturated/α-hetero) is 1. The van der Waals surface area contributed by atoms with E-state index >= 15 is 0 Å². The van der Waals surface area contributed by atoms with Crippen molar-refractivity contribution in [2.45, 2.75) is 6.04 Å². The van der Waals surface area contributed by atoms with Gasteiger partial charge in [-0.25, -0.2) is 0 Å². The monoisotopic (exact) mass is 371 g/mol. The van der Waals surface area contributed by atoms with Crippen LogP contribution in [0.25, 0.3) is 0 Å². The fraction of sp³-hybridized carbons (Fsp3) is 0.130. The third-order valence-electron chi connectivity index (χ3n) is 5.07. The number of fused-ring (bicyclic) bond motifs is 2. The number of hydrogen-bond donors (Lipinski definition) is 0. The molecule has 0 N–H and O–H groups in total. The first-order valence-corrected chi connectivity index (χ1v) is 9.15. The summed E-state index contributed by atoms with van der Waals surface area (Å²) in [4.78, 5) is 27.4. The van der Waals surface area contributed by atoms with Crippen LogP contribution in [0.3, 0.4) is 0 Å². The molecule has 5 nitrogen and oxygen atoms in total. The van der Waals surface area contributed by atoms with Gasteiger partial charge in [0.05, 0.1) is 17.3 Å². The summed E-state index contributed by atoms with van der Waals surface area (Å²) in [6.07, 6.45) is 0. The van der Waals surface area contributed by atoms with Gasteiger partial charge in [-0.3, -0.25) is 14.5 Å². The van der Waals surface area contributed by atoms with Crippen LogP contribution in [0.1, 0.15) is 27.5 Å². The zero-order valence-corrected chi connectivity index (χ0v) is 15.0. The van der Waals surface area contributed by atoms with Crippen molar-refractivity contribution in [1.29, 1.82) is 0 Å². The minimum absolute atomic E-state index is 0.353. The topological polar surface area (TPSA) is 55.8 Å². The Kier molecular flexibility index (Phi) is 3.86. The Bertz CT molecular complexity index is 1020. The lowest BCUT2D eigenvalue weighted by atomic mass is 9.97. The fourth-order valence-corrected chi connectivity index (χ4v) is 3.81. The van der Waals surface area contributed by atoms with E-state index in [-0.39, 0.29) is 0 Å². The molecule has 5 rings (SSSR count). The van der Waals surface area contributed by atoms with Crippen molar-refractivity contribution in [2.75, 3.05) is 18.1 Å². The van der Waals surface area contributed by atoms with E-state index in [1.54, 1.807) is 17.0 Å². The van der Waals surface area contributed by atoms with Crippen LogP contribution in [0.2, 0.25) is 0 Å². The predicted octanol–water partition coefficient (Wildman–Crippen LogP) is 3.78. The highest BCUT2D eigenvalue weighted by Gasteiger charge is 2.42. The molecule has 0 atom stereocenters. The molecule has 0 aliphatic carbocycles. The first-order chi connectivity index (χ1) is 13.7. The summed E-state index contributed by atoms with van der Waals surface area (Å²) in [6.45, 7) is 0.864. The molecule has 0 bridgehead atoms. The standard InChI is InChI=1S/C23H17NO4/c25-22-17-13-19-20(28-12-11-27-19)14-18(17)24(23(22)26)21(15-7-3-1-4-8-15)16-9-5-2-6-10-16/h1-10,13-14,21H,11-12H2. The SMILES string of the molecule is O=C1C(=O)N(C(c2ccccc2)c2ccccc2)c2cc3c(cc21)OCCO3. The summed E-state index contributed by atoms with van der Waals surface area (Å²) in [5.74, 6) is -0.0137. The van der Waals surface area contributed by atoms with Crippen LogP contribution in [-0.4, -0.2) is 24.9 Å². The van der Waals surface area contributed by atoms with Gasteiger partial charge in [0.15, 0.2) is 11.5 Å². The Morgan fingerprint density at radius 2 is 1.29 bits per heavy atom. The van der Waals surface area contributed by atoms with Gasteiger partial charge in [-0.15, -0.1) is 0 Å². The molecule has 3 aromatic rings. The smallest absolute Gasteiger partial charge is 0.300 e. The van der Waals surface area contributed by atoms with Crippen LogP contribution in [0, 0.1) is 0 Å². The third-order valence-corrected chi connectivity index (χ3v) is 5.07. The zero-order valence-electron chi connectivity index (χ0n) is 15.0. The predicted molar refractivity (Wildman–Crippen MR) is 104 cm³/mol. The number of hydrogen-bond acceptors (Lipinski definition) is 4. The average molecular weight is 371 g/mol. The van der Waals surface area contributed by atoms with Gasteiger partial charge in [0.25, 0.3) is 11.7 Å². The molecule has 1 amide bonds. The third kappa shape index (κ3) is 2.55. The Balaban J connectivity index is 1.70. The Morgan fingerprint density at radius 3 is 1.86 bits per heavy atom. The molecule has 138 valence electrons. The second-order valence-corrected chi connectivity index (χ2v) is 6.74. The Morgan fingerprint density at radius 1 is 0.750 bits per heavy atom. The van der Waals surface area contributed by atoms with Crippen LogP contribution in [-0.2, 0) is 4.79 Å². The number of carbonyl (C=O) groups is 2. The van der Waals surface area contributed by atoms with E-state index in [1.807, 2.05) is 60.7 Å². The molecule has 0 saturated heterocycles. The maximum absolute atomic E-state index is 13.1. The lowest BCUT2D eigenvalue weighted by molar-refractivity contribution is -0.114. The average Bonchev–Trinajstić information content (AvgIpc) is 2.99. The van der Waals surface area contributed by atoms with E-state index in [0.29, 0.717) is 36.0 Å². The summed E-state index contributed by atoms with van der Waals surface area (Å²) in [5.41, 5.74) is 2.76. The van der Waals surface area contributed by atoms with E-state index in [1.165, 1.54) is 0 Å². The molecule has 0 radical (unpaired) electrons. The van der Waals surface area contributed by atoms with E-state index in [4.69, 9.17) is 9.47 Å². The van der Waals surface area contributed by atoms with E-state index in [2.05, 4.69) is 0 Å². The van der Waals surface area contributed by atoms with Crippen molar-refractivity contribution in [1.82, 2.24) is 0 Å². The normalized spacial score (nSPS) is 15.1. The Hall–Kier alpha value is -3.60. The van der Waals surface area contributed by atoms with Crippen molar-refractivity contribution in [3.63, 3.8) is 0 Å². The Labute approximate surface area is 162 Å². The molecule has 2 heterocycles. The highest BCUT2D eigenvalue weighted by atomic mass is 16.6. The fourth-order valence-electron chi connectivity index (χ4n) is 3.81. The van der Waals surface area contributed by atoms with Crippen LogP contribution < -0.4 is 14.4 Å². The molecule has 3 aromatic carbocycles. The number of carbonyl (C=O) groups excluding carboxylic acids is 2. The summed E-state index contributed by atoms with van der Waals surface area (Å²) in [6, 6.07) is 22.4. The van der Waals surface area contributed by atoms with Crippen molar-refractivity contribution < 1.29 is 19.1 Å². The highest BCUT2D eigenvalue weighted by molar-refractivity contribution is 6.52. The van der Waals surface area contributed by atoms with Crippen molar-refractivity contribution in [3.05, 3.63) is 89.5 Å². The highest BCUT2D eigenvalue weighted by Crippen LogP contribution is 2.45. The molecule has 28 heavy (non-hydrogen) atoms. The molecule has 0 aromatic heterocycles. The molecule has 0 saturated carbocycles. The number of benzene rings is 3. The minimum Gasteiger partial charge on any atom is -0.486 e. The molecular formula is C23H17NO4. The lowest BCUT2D eigenvalue weighted by Gasteiger charge is -2.29. The maximum atomic E-state index is 13.1. The van der Waals surface area contributed by atoms with Gasteiger partial charge >= 0.3 is 0 Å². The van der Waals surface area contributed by atoms with Gasteiger partial charge in [-0.2, -0.15) is 0 Å². The first kappa shape index (κ1) is 16.6. The first-order valence-electron chi connectivity index (χ1n) is 9.15. The van der Waals surface area contributed by atoms with Crippen LogP contribution in [0.4, 0.5) is 5.69 Å². The minimum atomic E-state index is -0.546. The zero-order chi connectivity index (χ0) is 19.1. The molecule has 2 aliphatic rings. The molecular weight excluding hydrogens is 354 g/mol. The number of nitrogens with zero attached hydrogens (tertiary/aromatic N) is 1. The van der Waals surface area contributed by atoms with Gasteiger partial charge in [-0.1, -0.05) is 60.7 Å². The summed E-state index contributed by atoms with van der Waals surface area (Å²) in [7, 11) is 0. The molecule has 2 aliphatic heterocycles. The lowest BCUT2D eigenvalue weighted by Crippen LogP contribution is -2.34. The van der Waals surface area contributed by atoms with Gasteiger partial charge in [0.2, 0.25) is 0 Å². The maximum Gasteiger partial charge on any atom is 0.300 e. The van der Waals surface area contributed by atoms with Crippen molar-refractivity contribution in [3.8, 4) is 11.5 Å². The second kappa shape index (κ2) is 6.53. The molecule has 5 heteroatoms. The summed E-state index contributed by atoms with van der Waals surface area (Å²) < 4.78 is 11.3. The summed E-state index contributed by atoms with van der Waals surface area (Å²) in [5, 5.41) is 0.